The van der Waals surface area contributed by atoms with Crippen molar-refractivity contribution < 1.29 is 12.8 Å². The number of halogens is 1. The molecule has 1 saturated carbocycles. The zero-order valence-corrected chi connectivity index (χ0v) is 14.3. The molecule has 0 unspecified atom stereocenters. The molecule has 2 aromatic rings. The van der Waals surface area contributed by atoms with Crippen molar-refractivity contribution in [1.29, 1.82) is 0 Å². The van der Waals surface area contributed by atoms with Gasteiger partial charge in [0.15, 0.2) is 9.84 Å². The number of hydrogen-bond donors (Lipinski definition) is 2. The second kappa shape index (κ2) is 5.95. The minimum absolute atomic E-state index is 0.139. The lowest BCUT2D eigenvalue weighted by Crippen LogP contribution is -2.31. The lowest BCUT2D eigenvalue weighted by atomic mass is 9.99. The summed E-state index contributed by atoms with van der Waals surface area (Å²) in [6.07, 6.45) is 0. The van der Waals surface area contributed by atoms with Crippen molar-refractivity contribution in [3.8, 4) is 0 Å². The summed E-state index contributed by atoms with van der Waals surface area (Å²) < 4.78 is 39.8. The molecule has 3 rings (SSSR count). The summed E-state index contributed by atoms with van der Waals surface area (Å²) in [4.78, 5) is 0.253. The summed E-state index contributed by atoms with van der Waals surface area (Å²) in [5.74, 6) is -0.789. The Kier molecular flexibility index (Phi) is 4.23. The highest BCUT2D eigenvalue weighted by molar-refractivity contribution is 7.92. The maximum absolute atomic E-state index is 13.6. The molecule has 1 fully saturated rings. The van der Waals surface area contributed by atoms with Gasteiger partial charge in [0, 0.05) is 24.4 Å². The van der Waals surface area contributed by atoms with Gasteiger partial charge in [-0.2, -0.15) is 0 Å². The lowest BCUT2D eigenvalue weighted by molar-refractivity contribution is 0.509. The van der Waals surface area contributed by atoms with Crippen LogP contribution in [0.3, 0.4) is 0 Å². The van der Waals surface area contributed by atoms with Gasteiger partial charge in [0.2, 0.25) is 0 Å². The van der Waals surface area contributed by atoms with Gasteiger partial charge in [0.05, 0.1) is 10.1 Å². The molecule has 4 N–H and O–H groups in total. The van der Waals surface area contributed by atoms with Crippen molar-refractivity contribution >= 4 is 9.84 Å². The average Bonchev–Trinajstić information content (AvgIpc) is 3.26. The molecule has 0 bridgehead atoms. The minimum Gasteiger partial charge on any atom is -0.330 e. The summed E-state index contributed by atoms with van der Waals surface area (Å²) in [6, 6.07) is 12.7. The van der Waals surface area contributed by atoms with E-state index in [1.807, 2.05) is 6.92 Å². The van der Waals surface area contributed by atoms with Crippen LogP contribution in [0.15, 0.2) is 53.4 Å². The first-order chi connectivity index (χ1) is 11.4. The van der Waals surface area contributed by atoms with Crippen molar-refractivity contribution in [2.45, 2.75) is 23.0 Å². The molecule has 128 valence electrons. The normalized spacial score (nSPS) is 22.3. The van der Waals surface area contributed by atoms with E-state index in [1.165, 1.54) is 12.1 Å². The van der Waals surface area contributed by atoms with Gasteiger partial charge in [-0.1, -0.05) is 29.8 Å². The topological polar surface area (TPSA) is 86.2 Å². The Balaban J connectivity index is 2.06. The van der Waals surface area contributed by atoms with E-state index in [4.69, 9.17) is 11.5 Å². The van der Waals surface area contributed by atoms with Crippen LogP contribution in [0.4, 0.5) is 4.39 Å². The molecule has 0 spiro atoms. The molecular formula is C18H21FN2O2S. The number of nitrogens with two attached hydrogens (primary N) is 2. The summed E-state index contributed by atoms with van der Waals surface area (Å²) in [6.45, 7) is 2.17. The monoisotopic (exact) mass is 348 g/mol. The van der Waals surface area contributed by atoms with E-state index < -0.39 is 32.2 Å². The molecule has 0 heterocycles. The molecular weight excluding hydrogens is 327 g/mol. The molecule has 0 aliphatic heterocycles. The first-order valence-corrected chi connectivity index (χ1v) is 9.37. The number of aryl methyl sites for hydroxylation is 1. The second-order valence-electron chi connectivity index (χ2n) is 6.45. The van der Waals surface area contributed by atoms with Gasteiger partial charge in [0.25, 0.3) is 0 Å². The van der Waals surface area contributed by atoms with Crippen LogP contribution in [-0.2, 0) is 9.84 Å². The molecule has 2 aromatic carbocycles. The average molecular weight is 348 g/mol. The molecule has 0 saturated heterocycles. The summed E-state index contributed by atoms with van der Waals surface area (Å²) in [5.41, 5.74) is 12.7. The van der Waals surface area contributed by atoms with Gasteiger partial charge in [-0.15, -0.1) is 0 Å². The number of rotatable bonds is 5. The third-order valence-electron chi connectivity index (χ3n) is 5.03. The van der Waals surface area contributed by atoms with E-state index in [0.29, 0.717) is 5.56 Å². The maximum Gasteiger partial charge on any atom is 0.182 e. The smallest absolute Gasteiger partial charge is 0.182 e. The zero-order valence-electron chi connectivity index (χ0n) is 13.4. The van der Waals surface area contributed by atoms with Gasteiger partial charge in [-0.25, -0.2) is 12.8 Å². The zero-order chi connectivity index (χ0) is 17.5. The molecule has 0 aromatic heterocycles. The highest BCUT2D eigenvalue weighted by Crippen LogP contribution is 2.62. The SMILES string of the molecule is Cc1ccc(S(=O)(=O)[C@H]2[C@H](c3cccc(F)c3)C2(CN)CN)cc1. The Hall–Kier alpha value is -1.76. The van der Waals surface area contributed by atoms with Gasteiger partial charge in [-0.3, -0.25) is 0 Å². The third kappa shape index (κ3) is 2.55. The van der Waals surface area contributed by atoms with Gasteiger partial charge >= 0.3 is 0 Å². The highest BCUT2D eigenvalue weighted by Gasteiger charge is 2.69. The van der Waals surface area contributed by atoms with Crippen LogP contribution in [0.1, 0.15) is 17.0 Å². The van der Waals surface area contributed by atoms with Crippen LogP contribution in [-0.4, -0.2) is 26.8 Å². The minimum atomic E-state index is -3.61. The third-order valence-corrected chi connectivity index (χ3v) is 7.37. The quantitative estimate of drug-likeness (QED) is 0.865. The highest BCUT2D eigenvalue weighted by atomic mass is 32.2. The van der Waals surface area contributed by atoms with Gasteiger partial charge in [0.1, 0.15) is 5.82 Å². The van der Waals surface area contributed by atoms with Crippen LogP contribution < -0.4 is 11.5 Å². The molecule has 4 nitrogen and oxygen atoms in total. The van der Waals surface area contributed by atoms with Crippen LogP contribution in [0.5, 0.6) is 0 Å². The molecule has 2 atom stereocenters. The summed E-state index contributed by atoms with van der Waals surface area (Å²) >= 11 is 0. The predicted octanol–water partition coefficient (Wildman–Crippen LogP) is 1.98. The molecule has 6 heteroatoms. The maximum atomic E-state index is 13.6. The Bertz CT molecular complexity index is 846. The number of sulfone groups is 1. The fourth-order valence-electron chi connectivity index (χ4n) is 3.59. The molecule has 1 aliphatic rings. The van der Waals surface area contributed by atoms with Crippen molar-refractivity contribution in [3.63, 3.8) is 0 Å². The summed E-state index contributed by atoms with van der Waals surface area (Å²) in [5, 5.41) is -0.732. The largest absolute Gasteiger partial charge is 0.330 e. The Morgan fingerprint density at radius 2 is 1.71 bits per heavy atom. The van der Waals surface area contributed by atoms with E-state index >= 15 is 0 Å². The fraction of sp³-hybridized carbons (Fsp3) is 0.333. The molecule has 1 aliphatic carbocycles. The van der Waals surface area contributed by atoms with Crippen molar-refractivity contribution in [3.05, 3.63) is 65.5 Å². The van der Waals surface area contributed by atoms with E-state index in [0.717, 1.165) is 5.56 Å². The first-order valence-electron chi connectivity index (χ1n) is 7.83. The predicted molar refractivity (Wildman–Crippen MR) is 91.8 cm³/mol. The van der Waals surface area contributed by atoms with E-state index in [2.05, 4.69) is 0 Å². The van der Waals surface area contributed by atoms with Crippen molar-refractivity contribution in [1.82, 2.24) is 0 Å². The second-order valence-corrected chi connectivity index (χ2v) is 8.52. The van der Waals surface area contributed by atoms with E-state index in [1.54, 1.807) is 36.4 Å². The van der Waals surface area contributed by atoms with Crippen LogP contribution in [0.25, 0.3) is 0 Å². The summed E-state index contributed by atoms with van der Waals surface area (Å²) in [7, 11) is -3.61. The Labute approximate surface area is 141 Å². The van der Waals surface area contributed by atoms with Crippen molar-refractivity contribution in [2.75, 3.05) is 13.1 Å². The van der Waals surface area contributed by atoms with Crippen LogP contribution in [0.2, 0.25) is 0 Å². The molecule has 0 amide bonds. The standard InChI is InChI=1S/C18H21FN2O2S/c1-12-5-7-15(8-6-12)24(22,23)17-16(18(17,10-20)11-21)13-3-2-4-14(19)9-13/h2-9,16-17H,10-11,20-21H2,1H3/t16-,17-/m0/s1. The van der Waals surface area contributed by atoms with Crippen molar-refractivity contribution in [2.24, 2.45) is 16.9 Å². The fourth-order valence-corrected chi connectivity index (χ4v) is 6.07. The Morgan fingerprint density at radius 3 is 2.25 bits per heavy atom. The van der Waals surface area contributed by atoms with E-state index in [-0.39, 0.29) is 18.0 Å². The molecule has 24 heavy (non-hydrogen) atoms. The van der Waals surface area contributed by atoms with Crippen LogP contribution in [0, 0.1) is 18.2 Å². The number of benzene rings is 2. The Morgan fingerprint density at radius 1 is 1.08 bits per heavy atom. The lowest BCUT2D eigenvalue weighted by Gasteiger charge is -2.13. The van der Waals surface area contributed by atoms with Gasteiger partial charge < -0.3 is 11.5 Å². The molecule has 0 radical (unpaired) electrons. The van der Waals surface area contributed by atoms with E-state index in [9.17, 15) is 12.8 Å². The van der Waals surface area contributed by atoms with Crippen LogP contribution >= 0.6 is 0 Å². The first kappa shape index (κ1) is 17.1. The van der Waals surface area contributed by atoms with Gasteiger partial charge in [-0.05, 0) is 36.8 Å². The number of hydrogen-bond acceptors (Lipinski definition) is 4.